The lowest BCUT2D eigenvalue weighted by molar-refractivity contribution is 0.762. The minimum absolute atomic E-state index is 0.438. The molecule has 0 aliphatic carbocycles. The molecule has 4 nitrogen and oxygen atoms in total. The van der Waals surface area contributed by atoms with E-state index in [2.05, 4.69) is 41.4 Å². The second-order valence-corrected chi connectivity index (χ2v) is 5.58. The van der Waals surface area contributed by atoms with Gasteiger partial charge in [-0.25, -0.2) is 9.97 Å². The molecular weight excluding hydrogens is 244 g/mol. The highest BCUT2D eigenvalue weighted by Crippen LogP contribution is 2.14. The van der Waals surface area contributed by atoms with Crippen LogP contribution in [-0.4, -0.2) is 34.6 Å². The molecular formula is C13H24N4S. The average molecular weight is 268 g/mol. The molecule has 5 heteroatoms. The number of thioether (sulfide) groups is 1. The fourth-order valence-corrected chi connectivity index (χ4v) is 2.40. The molecule has 0 amide bonds. The van der Waals surface area contributed by atoms with Gasteiger partial charge in [0.05, 0.1) is 0 Å². The second-order valence-electron chi connectivity index (χ2n) is 4.19. The van der Waals surface area contributed by atoms with Crippen LogP contribution in [0.1, 0.15) is 33.0 Å². The maximum Gasteiger partial charge on any atom is 0.132 e. The third-order valence-electron chi connectivity index (χ3n) is 2.64. The molecule has 0 radical (unpaired) electrons. The number of aromatic nitrogens is 2. The van der Waals surface area contributed by atoms with Gasteiger partial charge in [-0.15, -0.1) is 0 Å². The summed E-state index contributed by atoms with van der Waals surface area (Å²) in [5.41, 5.74) is 0. The van der Waals surface area contributed by atoms with Gasteiger partial charge in [0.1, 0.15) is 17.5 Å². The Kier molecular flexibility index (Phi) is 6.86. The normalized spacial score (nSPS) is 12.2. The molecule has 0 fully saturated rings. The van der Waals surface area contributed by atoms with Gasteiger partial charge in [-0.05, 0) is 24.9 Å². The largest absolute Gasteiger partial charge is 0.373 e. The molecule has 0 saturated heterocycles. The van der Waals surface area contributed by atoms with Crippen LogP contribution in [-0.2, 0) is 6.42 Å². The van der Waals surface area contributed by atoms with Crippen molar-refractivity contribution in [3.63, 3.8) is 0 Å². The first kappa shape index (κ1) is 15.1. The van der Waals surface area contributed by atoms with Crippen molar-refractivity contribution < 1.29 is 0 Å². The van der Waals surface area contributed by atoms with Gasteiger partial charge in [0.15, 0.2) is 0 Å². The van der Waals surface area contributed by atoms with Crippen LogP contribution in [0.3, 0.4) is 0 Å². The third-order valence-corrected chi connectivity index (χ3v) is 3.57. The van der Waals surface area contributed by atoms with Gasteiger partial charge in [0.2, 0.25) is 0 Å². The number of aryl methyl sites for hydroxylation is 1. The van der Waals surface area contributed by atoms with Crippen molar-refractivity contribution in [1.82, 2.24) is 9.97 Å². The molecule has 0 aliphatic heterocycles. The van der Waals surface area contributed by atoms with E-state index in [0.717, 1.165) is 30.3 Å². The molecule has 18 heavy (non-hydrogen) atoms. The molecule has 0 aromatic carbocycles. The first-order chi connectivity index (χ1) is 8.69. The Morgan fingerprint density at radius 3 is 2.61 bits per heavy atom. The van der Waals surface area contributed by atoms with Gasteiger partial charge >= 0.3 is 0 Å². The van der Waals surface area contributed by atoms with Crippen LogP contribution in [0, 0.1) is 0 Å². The number of anilines is 2. The van der Waals surface area contributed by atoms with Crippen molar-refractivity contribution in [3.8, 4) is 0 Å². The molecule has 1 atom stereocenters. The Morgan fingerprint density at radius 2 is 2.00 bits per heavy atom. The first-order valence-corrected chi connectivity index (χ1v) is 7.75. The highest BCUT2D eigenvalue weighted by Gasteiger charge is 2.06. The zero-order valence-electron chi connectivity index (χ0n) is 11.8. The van der Waals surface area contributed by atoms with Crippen molar-refractivity contribution in [2.24, 2.45) is 0 Å². The van der Waals surface area contributed by atoms with E-state index in [1.165, 1.54) is 11.5 Å². The molecule has 0 aliphatic rings. The average Bonchev–Trinajstić information content (AvgIpc) is 2.38. The standard InChI is InChI=1S/C13H24N4S/c1-5-11-16-12(14-4)9-13(17-11)15-10(3)7-8-18-6-2/h9-10H,5-8H2,1-4H3,(H2,14,15,16,17). The lowest BCUT2D eigenvalue weighted by Crippen LogP contribution is -2.18. The quantitative estimate of drug-likeness (QED) is 0.710. The van der Waals surface area contributed by atoms with Gasteiger partial charge in [-0.2, -0.15) is 11.8 Å². The lowest BCUT2D eigenvalue weighted by Gasteiger charge is -2.15. The SMILES string of the molecule is CCSCCC(C)Nc1cc(NC)nc(CC)n1. The van der Waals surface area contributed by atoms with Crippen molar-refractivity contribution in [1.29, 1.82) is 0 Å². The number of nitrogens with one attached hydrogen (secondary N) is 2. The van der Waals surface area contributed by atoms with Crippen LogP contribution >= 0.6 is 11.8 Å². The van der Waals surface area contributed by atoms with Crippen LogP contribution in [0.2, 0.25) is 0 Å². The fourth-order valence-electron chi connectivity index (χ4n) is 1.59. The summed E-state index contributed by atoms with van der Waals surface area (Å²) in [5, 5.41) is 6.52. The van der Waals surface area contributed by atoms with Gasteiger partial charge in [0.25, 0.3) is 0 Å². The molecule has 102 valence electrons. The summed E-state index contributed by atoms with van der Waals surface area (Å²) in [4.78, 5) is 8.89. The van der Waals surface area contributed by atoms with E-state index >= 15 is 0 Å². The summed E-state index contributed by atoms with van der Waals surface area (Å²) in [6.45, 7) is 6.46. The predicted molar refractivity (Wildman–Crippen MR) is 81.7 cm³/mol. The van der Waals surface area contributed by atoms with E-state index in [-0.39, 0.29) is 0 Å². The van der Waals surface area contributed by atoms with Gasteiger partial charge in [-0.1, -0.05) is 13.8 Å². The minimum Gasteiger partial charge on any atom is -0.373 e. The third kappa shape index (κ3) is 5.12. The Morgan fingerprint density at radius 1 is 1.28 bits per heavy atom. The van der Waals surface area contributed by atoms with Crippen molar-refractivity contribution >= 4 is 23.4 Å². The molecule has 1 heterocycles. The maximum absolute atomic E-state index is 4.50. The summed E-state index contributed by atoms with van der Waals surface area (Å²) < 4.78 is 0. The van der Waals surface area contributed by atoms with Gasteiger partial charge in [-0.3, -0.25) is 0 Å². The van der Waals surface area contributed by atoms with Gasteiger partial charge in [0, 0.05) is 25.6 Å². The monoisotopic (exact) mass is 268 g/mol. The smallest absolute Gasteiger partial charge is 0.132 e. The first-order valence-electron chi connectivity index (χ1n) is 6.59. The zero-order valence-corrected chi connectivity index (χ0v) is 12.6. The molecule has 2 N–H and O–H groups in total. The zero-order chi connectivity index (χ0) is 13.4. The van der Waals surface area contributed by atoms with Gasteiger partial charge < -0.3 is 10.6 Å². The Balaban J connectivity index is 2.59. The van der Waals surface area contributed by atoms with Crippen molar-refractivity contribution in [2.45, 2.75) is 39.7 Å². The predicted octanol–water partition coefficient (Wildman–Crippen LogP) is 3.02. The molecule has 1 aromatic heterocycles. The summed E-state index contributed by atoms with van der Waals surface area (Å²) in [5.74, 6) is 5.04. The number of nitrogens with zero attached hydrogens (tertiary/aromatic N) is 2. The van der Waals surface area contributed by atoms with E-state index in [1.807, 2.05) is 24.9 Å². The highest BCUT2D eigenvalue weighted by atomic mass is 32.2. The summed E-state index contributed by atoms with van der Waals surface area (Å²) in [7, 11) is 1.88. The number of hydrogen-bond acceptors (Lipinski definition) is 5. The topological polar surface area (TPSA) is 49.8 Å². The molecule has 0 spiro atoms. The van der Waals surface area contributed by atoms with E-state index in [1.54, 1.807) is 0 Å². The Bertz CT molecular complexity index is 335. The van der Waals surface area contributed by atoms with Crippen LogP contribution in [0.15, 0.2) is 6.07 Å². The summed E-state index contributed by atoms with van der Waals surface area (Å²) >= 11 is 1.98. The Hall–Kier alpha value is -0.970. The van der Waals surface area contributed by atoms with Crippen molar-refractivity contribution in [2.75, 3.05) is 29.2 Å². The van der Waals surface area contributed by atoms with E-state index < -0.39 is 0 Å². The van der Waals surface area contributed by atoms with Crippen LogP contribution < -0.4 is 10.6 Å². The maximum atomic E-state index is 4.50. The summed E-state index contributed by atoms with van der Waals surface area (Å²) in [6.07, 6.45) is 2.00. The van der Waals surface area contributed by atoms with Crippen molar-refractivity contribution in [3.05, 3.63) is 11.9 Å². The Labute approximate surface area is 114 Å². The minimum atomic E-state index is 0.438. The number of hydrogen-bond donors (Lipinski definition) is 2. The van der Waals surface area contributed by atoms with Crippen LogP contribution in [0.4, 0.5) is 11.6 Å². The molecule has 1 unspecified atom stereocenters. The molecule has 1 rings (SSSR count). The molecule has 0 bridgehead atoms. The van der Waals surface area contributed by atoms with Crippen LogP contribution in [0.25, 0.3) is 0 Å². The second kappa shape index (κ2) is 8.19. The molecule has 1 aromatic rings. The van der Waals surface area contributed by atoms with Crippen LogP contribution in [0.5, 0.6) is 0 Å². The fraction of sp³-hybridized carbons (Fsp3) is 0.692. The van der Waals surface area contributed by atoms with E-state index in [0.29, 0.717) is 6.04 Å². The molecule has 0 saturated carbocycles. The van der Waals surface area contributed by atoms with E-state index in [4.69, 9.17) is 0 Å². The van der Waals surface area contributed by atoms with E-state index in [9.17, 15) is 0 Å². The summed E-state index contributed by atoms with van der Waals surface area (Å²) in [6, 6.07) is 2.40. The lowest BCUT2D eigenvalue weighted by atomic mass is 10.2. The highest BCUT2D eigenvalue weighted by molar-refractivity contribution is 7.99. The number of rotatable bonds is 8.